The molecule has 3 nitrogen and oxygen atoms in total. The Labute approximate surface area is 118 Å². The van der Waals surface area contributed by atoms with Gasteiger partial charge in [-0.2, -0.15) is 0 Å². The van der Waals surface area contributed by atoms with Gasteiger partial charge in [-0.25, -0.2) is 4.98 Å². The minimum Gasteiger partial charge on any atom is -0.336 e. The molecule has 0 amide bonds. The second kappa shape index (κ2) is 5.33. The highest BCUT2D eigenvalue weighted by molar-refractivity contribution is 9.11. The summed E-state index contributed by atoms with van der Waals surface area (Å²) in [6, 6.07) is 6.22. The van der Waals surface area contributed by atoms with E-state index in [1.54, 1.807) is 0 Å². The van der Waals surface area contributed by atoms with Crippen LogP contribution in [0.5, 0.6) is 0 Å². The quantitative estimate of drug-likeness (QED) is 0.912. The Morgan fingerprint density at radius 1 is 1.35 bits per heavy atom. The molecule has 0 fully saturated rings. The Balaban J connectivity index is 2.49. The third kappa shape index (κ3) is 2.61. The van der Waals surface area contributed by atoms with E-state index in [-0.39, 0.29) is 6.04 Å². The van der Waals surface area contributed by atoms with Gasteiger partial charge in [0.05, 0.1) is 6.04 Å². The number of nitrogens with zero attached hydrogens (tertiary/aromatic N) is 2. The highest BCUT2D eigenvalue weighted by Gasteiger charge is 2.18. The fourth-order valence-electron chi connectivity index (χ4n) is 1.81. The molecule has 1 unspecified atom stereocenters. The number of hydrogen-bond acceptors (Lipinski definition) is 2. The molecule has 0 aliphatic carbocycles. The Hall–Kier alpha value is -0.650. The molecule has 0 saturated carbocycles. The molecule has 5 heteroatoms. The van der Waals surface area contributed by atoms with Crippen LogP contribution in [0.15, 0.2) is 39.5 Å². The summed E-state index contributed by atoms with van der Waals surface area (Å²) in [5.74, 6) is 0.992. The van der Waals surface area contributed by atoms with Crippen molar-refractivity contribution in [2.45, 2.75) is 6.04 Å². The molecule has 2 rings (SSSR count). The van der Waals surface area contributed by atoms with Crippen LogP contribution in [-0.4, -0.2) is 16.6 Å². The summed E-state index contributed by atoms with van der Waals surface area (Å²) in [6.07, 6.45) is 3.76. The first-order chi connectivity index (χ1) is 8.13. The van der Waals surface area contributed by atoms with E-state index in [2.05, 4.69) is 48.2 Å². The SMILES string of the molecule is CNC(c1cc(Br)ccc1Br)c1nccn1C. The number of imidazole rings is 1. The van der Waals surface area contributed by atoms with Gasteiger partial charge in [-0.3, -0.25) is 0 Å². The lowest BCUT2D eigenvalue weighted by molar-refractivity contribution is 0.615. The first-order valence-corrected chi connectivity index (χ1v) is 6.81. The molecule has 1 aromatic heterocycles. The average molecular weight is 359 g/mol. The minimum atomic E-state index is 0.0712. The van der Waals surface area contributed by atoms with E-state index in [0.717, 1.165) is 20.3 Å². The first-order valence-electron chi connectivity index (χ1n) is 5.23. The molecular formula is C12H13Br2N3. The van der Waals surface area contributed by atoms with Gasteiger partial charge in [0.1, 0.15) is 5.82 Å². The second-order valence-electron chi connectivity index (χ2n) is 3.78. The molecule has 1 atom stereocenters. The smallest absolute Gasteiger partial charge is 0.130 e. The third-order valence-electron chi connectivity index (χ3n) is 2.67. The summed E-state index contributed by atoms with van der Waals surface area (Å²) >= 11 is 7.08. The lowest BCUT2D eigenvalue weighted by Gasteiger charge is -2.18. The van der Waals surface area contributed by atoms with Gasteiger partial charge in [-0.1, -0.05) is 31.9 Å². The summed E-state index contributed by atoms with van der Waals surface area (Å²) in [6.45, 7) is 0. The van der Waals surface area contributed by atoms with Crippen molar-refractivity contribution in [2.24, 2.45) is 7.05 Å². The van der Waals surface area contributed by atoms with E-state index in [0.29, 0.717) is 0 Å². The molecule has 0 aliphatic rings. The van der Waals surface area contributed by atoms with Crippen LogP contribution in [-0.2, 0) is 7.05 Å². The van der Waals surface area contributed by atoms with Gasteiger partial charge in [0, 0.05) is 28.4 Å². The van der Waals surface area contributed by atoms with Crippen molar-refractivity contribution in [2.75, 3.05) is 7.05 Å². The minimum absolute atomic E-state index is 0.0712. The normalized spacial score (nSPS) is 12.7. The highest BCUT2D eigenvalue weighted by Crippen LogP contribution is 2.29. The van der Waals surface area contributed by atoms with Crippen molar-refractivity contribution in [3.05, 3.63) is 50.9 Å². The lowest BCUT2D eigenvalue weighted by atomic mass is 10.1. The maximum Gasteiger partial charge on any atom is 0.130 e. The van der Waals surface area contributed by atoms with E-state index >= 15 is 0 Å². The monoisotopic (exact) mass is 357 g/mol. The Morgan fingerprint density at radius 2 is 2.12 bits per heavy atom. The number of aryl methyl sites for hydroxylation is 1. The van der Waals surface area contributed by atoms with Gasteiger partial charge in [-0.15, -0.1) is 0 Å². The van der Waals surface area contributed by atoms with Crippen molar-refractivity contribution in [3.63, 3.8) is 0 Å². The van der Waals surface area contributed by atoms with Crippen LogP contribution in [0.3, 0.4) is 0 Å². The summed E-state index contributed by atoms with van der Waals surface area (Å²) in [5, 5.41) is 3.30. The summed E-state index contributed by atoms with van der Waals surface area (Å²) in [7, 11) is 3.94. The number of aromatic nitrogens is 2. The van der Waals surface area contributed by atoms with Gasteiger partial charge < -0.3 is 9.88 Å². The molecule has 1 aromatic carbocycles. The van der Waals surface area contributed by atoms with Crippen LogP contribution in [0.25, 0.3) is 0 Å². The maximum atomic E-state index is 4.40. The molecule has 2 aromatic rings. The molecule has 0 saturated heterocycles. The van der Waals surface area contributed by atoms with Crippen molar-refractivity contribution in [3.8, 4) is 0 Å². The van der Waals surface area contributed by atoms with Crippen molar-refractivity contribution in [1.29, 1.82) is 0 Å². The zero-order chi connectivity index (χ0) is 12.4. The number of nitrogens with one attached hydrogen (secondary N) is 1. The predicted octanol–water partition coefficient (Wildman–Crippen LogP) is 3.25. The fourth-order valence-corrected chi connectivity index (χ4v) is 2.67. The Kier molecular flexibility index (Phi) is 4.01. The van der Waals surface area contributed by atoms with E-state index in [1.807, 2.05) is 43.2 Å². The molecule has 0 bridgehead atoms. The molecule has 0 radical (unpaired) electrons. The summed E-state index contributed by atoms with van der Waals surface area (Å²) in [4.78, 5) is 4.40. The van der Waals surface area contributed by atoms with Gasteiger partial charge in [0.2, 0.25) is 0 Å². The summed E-state index contributed by atoms with van der Waals surface area (Å²) in [5.41, 5.74) is 1.16. The zero-order valence-corrected chi connectivity index (χ0v) is 12.8. The lowest BCUT2D eigenvalue weighted by Crippen LogP contribution is -2.21. The van der Waals surface area contributed by atoms with Gasteiger partial charge in [0.25, 0.3) is 0 Å². The standard InChI is InChI=1S/C12H13Br2N3/c1-15-11(12-16-5-6-17(12)2)9-7-8(13)3-4-10(9)14/h3-7,11,15H,1-2H3. The fraction of sp³-hybridized carbons (Fsp3) is 0.250. The Morgan fingerprint density at radius 3 is 2.71 bits per heavy atom. The van der Waals surface area contributed by atoms with Gasteiger partial charge in [0.15, 0.2) is 0 Å². The number of halogens is 2. The second-order valence-corrected chi connectivity index (χ2v) is 5.55. The number of hydrogen-bond donors (Lipinski definition) is 1. The Bertz CT molecular complexity index is 522. The van der Waals surface area contributed by atoms with Crippen molar-refractivity contribution in [1.82, 2.24) is 14.9 Å². The van der Waals surface area contributed by atoms with E-state index in [1.165, 1.54) is 0 Å². The highest BCUT2D eigenvalue weighted by atomic mass is 79.9. The average Bonchev–Trinajstić information content (AvgIpc) is 2.71. The van der Waals surface area contributed by atoms with Gasteiger partial charge >= 0.3 is 0 Å². The molecule has 1 heterocycles. The van der Waals surface area contributed by atoms with E-state index in [4.69, 9.17) is 0 Å². The van der Waals surface area contributed by atoms with Crippen LogP contribution < -0.4 is 5.32 Å². The summed E-state index contributed by atoms with van der Waals surface area (Å²) < 4.78 is 4.15. The first kappa shape index (κ1) is 12.8. The van der Waals surface area contributed by atoms with Crippen molar-refractivity contribution >= 4 is 31.9 Å². The van der Waals surface area contributed by atoms with Gasteiger partial charge in [-0.05, 0) is 30.8 Å². The maximum absolute atomic E-state index is 4.40. The topological polar surface area (TPSA) is 29.9 Å². The zero-order valence-electron chi connectivity index (χ0n) is 9.61. The molecule has 90 valence electrons. The predicted molar refractivity (Wildman–Crippen MR) is 76.0 cm³/mol. The molecule has 0 spiro atoms. The van der Waals surface area contributed by atoms with E-state index < -0.39 is 0 Å². The molecular weight excluding hydrogens is 346 g/mol. The molecule has 0 aliphatic heterocycles. The van der Waals surface area contributed by atoms with Crippen molar-refractivity contribution < 1.29 is 0 Å². The number of benzene rings is 1. The molecule has 17 heavy (non-hydrogen) atoms. The van der Waals surface area contributed by atoms with E-state index in [9.17, 15) is 0 Å². The largest absolute Gasteiger partial charge is 0.336 e. The molecule has 1 N–H and O–H groups in total. The van der Waals surface area contributed by atoms with Crippen LogP contribution in [0.2, 0.25) is 0 Å². The van der Waals surface area contributed by atoms with Crippen LogP contribution in [0.1, 0.15) is 17.4 Å². The van der Waals surface area contributed by atoms with Crippen LogP contribution in [0, 0.1) is 0 Å². The van der Waals surface area contributed by atoms with Crippen LogP contribution >= 0.6 is 31.9 Å². The van der Waals surface area contributed by atoms with Crippen LogP contribution in [0.4, 0.5) is 0 Å². The third-order valence-corrected chi connectivity index (χ3v) is 3.89. The number of rotatable bonds is 3.